The first-order valence-corrected chi connectivity index (χ1v) is 2.91. The van der Waals surface area contributed by atoms with Gasteiger partial charge in [-0.1, -0.05) is 0 Å². The van der Waals surface area contributed by atoms with Gasteiger partial charge in [-0.05, 0) is 0 Å². The van der Waals surface area contributed by atoms with Crippen LogP contribution in [0.5, 0.6) is 0 Å². The van der Waals surface area contributed by atoms with E-state index in [0.29, 0.717) is 13.0 Å². The van der Waals surface area contributed by atoms with Gasteiger partial charge in [-0.2, -0.15) is 5.26 Å². The molecular formula is C6H8N3O+. The van der Waals surface area contributed by atoms with Gasteiger partial charge in [0.1, 0.15) is 6.26 Å². The molecule has 1 rings (SSSR count). The third kappa shape index (κ3) is 1.78. The van der Waals surface area contributed by atoms with E-state index in [1.54, 1.807) is 11.2 Å². The van der Waals surface area contributed by atoms with Gasteiger partial charge >= 0.3 is 1.43 Å². The van der Waals surface area contributed by atoms with Crippen LogP contribution in [0.15, 0.2) is 17.6 Å². The molecular weight excluding hydrogens is 130 g/mol. The van der Waals surface area contributed by atoms with E-state index in [1.807, 2.05) is 6.07 Å². The maximum absolute atomic E-state index is 8.21. The normalized spacial score (nSPS) is 14.5. The minimum absolute atomic E-state index is 0. The Bertz CT molecular complexity index is 184. The Hall–Kier alpha value is -1.50. The lowest BCUT2D eigenvalue weighted by molar-refractivity contribution is 0.344. The number of rotatable bonds is 2. The van der Waals surface area contributed by atoms with Gasteiger partial charge in [0.2, 0.25) is 0 Å². The summed E-state index contributed by atoms with van der Waals surface area (Å²) in [4.78, 5) is 0. The number of hydrogen-bond donors (Lipinski definition) is 0. The van der Waals surface area contributed by atoms with E-state index >= 15 is 0 Å². The predicted octanol–water partition coefficient (Wildman–Crippen LogP) is 0.759. The van der Waals surface area contributed by atoms with Crippen molar-refractivity contribution in [1.29, 1.82) is 5.26 Å². The highest BCUT2D eigenvalue weighted by atomic mass is 16.5. The summed E-state index contributed by atoms with van der Waals surface area (Å²) in [6, 6.07) is 2.02. The zero-order valence-electron chi connectivity index (χ0n) is 6.40. The van der Waals surface area contributed by atoms with E-state index in [-0.39, 0.29) is 1.43 Å². The summed E-state index contributed by atoms with van der Waals surface area (Å²) in [7, 11) is 0. The summed E-state index contributed by atoms with van der Waals surface area (Å²) in [5.41, 5.74) is 0. The Morgan fingerprint density at radius 1 is 1.80 bits per heavy atom. The number of nitrogens with zero attached hydrogens (tertiary/aromatic N) is 3. The number of hydrazone groups is 1. The highest BCUT2D eigenvalue weighted by molar-refractivity contribution is 5.47. The summed E-state index contributed by atoms with van der Waals surface area (Å²) in [5.74, 6) is 0. The molecule has 4 nitrogen and oxygen atoms in total. The molecule has 0 saturated carbocycles. The molecule has 0 unspecified atom stereocenters. The Kier molecular flexibility index (Phi) is 2.32. The van der Waals surface area contributed by atoms with Crippen molar-refractivity contribution in [1.82, 2.24) is 5.01 Å². The van der Waals surface area contributed by atoms with E-state index in [4.69, 9.17) is 5.26 Å². The van der Waals surface area contributed by atoms with E-state index in [1.165, 1.54) is 12.7 Å². The predicted molar refractivity (Wildman–Crippen MR) is 36.8 cm³/mol. The molecule has 1 aliphatic rings. The minimum Gasteiger partial charge on any atom is -0.450 e. The van der Waals surface area contributed by atoms with Crippen molar-refractivity contribution in [2.24, 2.45) is 5.10 Å². The fourth-order valence-electron chi connectivity index (χ4n) is 0.564. The molecule has 0 amide bonds. The van der Waals surface area contributed by atoms with Gasteiger partial charge in [0.25, 0.3) is 0 Å². The Labute approximate surface area is 60.5 Å². The third-order valence-electron chi connectivity index (χ3n) is 1.02. The quantitative estimate of drug-likeness (QED) is 0.566. The van der Waals surface area contributed by atoms with E-state index in [2.05, 4.69) is 9.84 Å². The van der Waals surface area contributed by atoms with Crippen molar-refractivity contribution in [3.05, 3.63) is 12.5 Å². The van der Waals surface area contributed by atoms with Gasteiger partial charge in [-0.3, -0.25) is 5.01 Å². The molecule has 0 saturated heterocycles. The summed E-state index contributed by atoms with van der Waals surface area (Å²) < 4.78 is 4.68. The molecule has 0 atom stereocenters. The van der Waals surface area contributed by atoms with Crippen LogP contribution in [0.3, 0.4) is 0 Å². The van der Waals surface area contributed by atoms with Crippen molar-refractivity contribution in [2.75, 3.05) is 6.54 Å². The fourth-order valence-corrected chi connectivity index (χ4v) is 0.564. The maximum Gasteiger partial charge on any atom is 1.00 e. The lowest BCUT2D eigenvalue weighted by Gasteiger charge is -2.13. The van der Waals surface area contributed by atoms with Crippen LogP contribution in [0.1, 0.15) is 7.85 Å². The van der Waals surface area contributed by atoms with Crippen LogP contribution in [-0.2, 0) is 4.74 Å². The van der Waals surface area contributed by atoms with Gasteiger partial charge in [-0.25, -0.2) is 0 Å². The molecule has 0 aromatic heterocycles. The second kappa shape index (κ2) is 3.51. The average molecular weight is 138 g/mol. The second-order valence-corrected chi connectivity index (χ2v) is 1.71. The molecule has 0 spiro atoms. The zero-order valence-corrected chi connectivity index (χ0v) is 5.40. The number of ether oxygens (including phenoxy) is 1. The summed E-state index contributed by atoms with van der Waals surface area (Å²) in [6.07, 6.45) is 5.00. The summed E-state index contributed by atoms with van der Waals surface area (Å²) in [6.45, 7) is 0.618. The minimum atomic E-state index is 0. The summed E-state index contributed by atoms with van der Waals surface area (Å²) >= 11 is 0. The number of nitriles is 1. The van der Waals surface area contributed by atoms with Crippen LogP contribution < -0.4 is 0 Å². The molecule has 0 bridgehead atoms. The molecule has 1 heterocycles. The highest BCUT2D eigenvalue weighted by Gasteiger charge is 1.96. The van der Waals surface area contributed by atoms with Crippen LogP contribution in [0.4, 0.5) is 0 Å². The monoisotopic (exact) mass is 138 g/mol. The average Bonchev–Trinajstić information content (AvgIpc) is 2.03. The van der Waals surface area contributed by atoms with Crippen molar-refractivity contribution >= 4 is 6.40 Å². The lowest BCUT2D eigenvalue weighted by atomic mass is 10.5. The summed E-state index contributed by atoms with van der Waals surface area (Å²) in [5, 5.41) is 13.7. The van der Waals surface area contributed by atoms with Crippen molar-refractivity contribution < 1.29 is 6.16 Å². The second-order valence-electron chi connectivity index (χ2n) is 1.71. The van der Waals surface area contributed by atoms with E-state index in [9.17, 15) is 0 Å². The van der Waals surface area contributed by atoms with Crippen molar-refractivity contribution in [3.8, 4) is 6.07 Å². The highest BCUT2D eigenvalue weighted by Crippen LogP contribution is 1.96. The van der Waals surface area contributed by atoms with Crippen molar-refractivity contribution in [2.45, 2.75) is 6.42 Å². The first-order chi connectivity index (χ1) is 4.93. The van der Waals surface area contributed by atoms with Crippen LogP contribution in [0, 0.1) is 11.3 Å². The van der Waals surface area contributed by atoms with Gasteiger partial charge < -0.3 is 4.74 Å². The molecule has 0 N–H and O–H groups in total. The zero-order chi connectivity index (χ0) is 7.23. The largest absolute Gasteiger partial charge is 1.00 e. The SMILES string of the molecule is N#CCCN1C=COC=N1.[H+]. The molecule has 0 fully saturated rings. The van der Waals surface area contributed by atoms with Gasteiger partial charge in [0, 0.05) is 0 Å². The van der Waals surface area contributed by atoms with Crippen LogP contribution in [-0.4, -0.2) is 18.0 Å². The molecule has 10 heavy (non-hydrogen) atoms. The number of hydrogen-bond acceptors (Lipinski definition) is 4. The molecule has 0 radical (unpaired) electrons. The van der Waals surface area contributed by atoms with Crippen LogP contribution in [0.25, 0.3) is 0 Å². The Morgan fingerprint density at radius 3 is 3.30 bits per heavy atom. The van der Waals surface area contributed by atoms with Crippen LogP contribution >= 0.6 is 0 Å². The molecule has 0 aromatic rings. The Balaban J connectivity index is 0.000001000. The topological polar surface area (TPSA) is 48.6 Å². The molecule has 4 heteroatoms. The first-order valence-electron chi connectivity index (χ1n) is 2.91. The Morgan fingerprint density at radius 2 is 2.70 bits per heavy atom. The molecule has 0 aromatic carbocycles. The lowest BCUT2D eigenvalue weighted by Crippen LogP contribution is -2.13. The first kappa shape index (κ1) is 6.62. The van der Waals surface area contributed by atoms with E-state index in [0.717, 1.165) is 0 Å². The molecule has 0 aliphatic carbocycles. The third-order valence-corrected chi connectivity index (χ3v) is 1.02. The van der Waals surface area contributed by atoms with Crippen LogP contribution in [0.2, 0.25) is 0 Å². The van der Waals surface area contributed by atoms with Gasteiger partial charge in [0.15, 0.2) is 6.40 Å². The standard InChI is InChI=1S/C6H7N3O/c7-2-1-3-9-4-5-10-6-8-9/h4-6H,1,3H2/p+1. The molecule has 1 aliphatic heterocycles. The van der Waals surface area contributed by atoms with Gasteiger partial charge in [-0.15, -0.1) is 5.10 Å². The maximum atomic E-state index is 8.21. The van der Waals surface area contributed by atoms with Crippen molar-refractivity contribution in [3.63, 3.8) is 0 Å². The smallest absolute Gasteiger partial charge is 0.450 e. The fraction of sp³-hybridized carbons (Fsp3) is 0.333. The van der Waals surface area contributed by atoms with E-state index < -0.39 is 0 Å². The van der Waals surface area contributed by atoms with Gasteiger partial charge in [0.05, 0.1) is 25.2 Å². The molecule has 52 valence electrons.